The number of nitrogens with one attached hydrogen (secondary N) is 3. The Morgan fingerprint density at radius 2 is 1.75 bits per heavy atom. The third-order valence-electron chi connectivity index (χ3n) is 5.17. The maximum atomic E-state index is 12.9. The number of benzene rings is 1. The SMILES string of the molecule is CC(C)(C)[C@@H](Cn1nccc1-c1ccc(C(F)(F)F)cc1)OC(=O)NCC(=O)C(=O)Nc1ccn[nH]1. The van der Waals surface area contributed by atoms with E-state index in [-0.39, 0.29) is 12.4 Å². The van der Waals surface area contributed by atoms with Crippen LogP contribution in [0.5, 0.6) is 0 Å². The van der Waals surface area contributed by atoms with Crippen LogP contribution in [0.2, 0.25) is 0 Å². The van der Waals surface area contributed by atoms with Crippen molar-refractivity contribution in [1.29, 1.82) is 0 Å². The molecular weight excluding hydrogens is 481 g/mol. The summed E-state index contributed by atoms with van der Waals surface area (Å²) < 4.78 is 45.7. The molecule has 0 spiro atoms. The quantitative estimate of drug-likeness (QED) is 0.400. The zero-order valence-electron chi connectivity index (χ0n) is 19.7. The van der Waals surface area contributed by atoms with Gasteiger partial charge in [0.1, 0.15) is 11.9 Å². The molecule has 36 heavy (non-hydrogen) atoms. The van der Waals surface area contributed by atoms with E-state index >= 15 is 0 Å². The molecule has 0 bridgehead atoms. The number of anilines is 1. The van der Waals surface area contributed by atoms with Crippen molar-refractivity contribution in [1.82, 2.24) is 25.3 Å². The van der Waals surface area contributed by atoms with Crippen molar-refractivity contribution in [2.45, 2.75) is 39.6 Å². The Kier molecular flexibility index (Phi) is 7.80. The van der Waals surface area contributed by atoms with Crippen LogP contribution in [-0.4, -0.2) is 50.4 Å². The first-order valence-corrected chi connectivity index (χ1v) is 10.8. The highest BCUT2D eigenvalue weighted by molar-refractivity contribution is 6.41. The van der Waals surface area contributed by atoms with Crippen LogP contribution in [0.1, 0.15) is 26.3 Å². The van der Waals surface area contributed by atoms with E-state index in [0.29, 0.717) is 11.3 Å². The Labute approximate surface area is 204 Å². The molecule has 3 N–H and O–H groups in total. The molecule has 0 unspecified atom stereocenters. The van der Waals surface area contributed by atoms with E-state index in [2.05, 4.69) is 25.9 Å². The van der Waals surface area contributed by atoms with Crippen LogP contribution in [0.25, 0.3) is 11.3 Å². The van der Waals surface area contributed by atoms with E-state index in [1.165, 1.54) is 35.3 Å². The molecule has 3 aromatic rings. The summed E-state index contributed by atoms with van der Waals surface area (Å²) >= 11 is 0. The van der Waals surface area contributed by atoms with Crippen LogP contribution in [-0.2, 0) is 27.0 Å². The van der Waals surface area contributed by atoms with Crippen LogP contribution in [0.15, 0.2) is 48.8 Å². The second-order valence-electron chi connectivity index (χ2n) is 8.93. The molecule has 0 aliphatic heterocycles. The average molecular weight is 506 g/mol. The molecule has 10 nitrogen and oxygen atoms in total. The summed E-state index contributed by atoms with van der Waals surface area (Å²) in [5.41, 5.74) is -0.292. The Morgan fingerprint density at radius 1 is 1.06 bits per heavy atom. The zero-order valence-corrected chi connectivity index (χ0v) is 19.7. The maximum absolute atomic E-state index is 12.9. The molecule has 0 saturated heterocycles. The second-order valence-corrected chi connectivity index (χ2v) is 8.93. The highest BCUT2D eigenvalue weighted by atomic mass is 19.4. The van der Waals surface area contributed by atoms with Gasteiger partial charge in [0.05, 0.1) is 30.5 Å². The number of nitrogens with zero attached hydrogens (tertiary/aromatic N) is 3. The number of rotatable bonds is 8. The van der Waals surface area contributed by atoms with Gasteiger partial charge in [-0.15, -0.1) is 0 Å². The zero-order chi connectivity index (χ0) is 26.5. The van der Waals surface area contributed by atoms with Crippen LogP contribution >= 0.6 is 0 Å². The van der Waals surface area contributed by atoms with Crippen molar-refractivity contribution in [3.8, 4) is 11.3 Å². The molecule has 0 aliphatic carbocycles. The molecule has 2 aromatic heterocycles. The first-order valence-electron chi connectivity index (χ1n) is 10.8. The number of H-pyrrole nitrogens is 1. The number of carbonyl (C=O) groups is 3. The van der Waals surface area contributed by atoms with E-state index in [4.69, 9.17) is 4.74 Å². The lowest BCUT2D eigenvalue weighted by Gasteiger charge is -2.30. The van der Waals surface area contributed by atoms with Crippen molar-refractivity contribution in [3.63, 3.8) is 0 Å². The molecular formula is C23H25F3N6O4. The Balaban J connectivity index is 1.63. The molecule has 2 heterocycles. The number of alkyl carbamates (subject to hydrolysis) is 1. The van der Waals surface area contributed by atoms with Gasteiger partial charge in [-0.1, -0.05) is 32.9 Å². The molecule has 0 aliphatic rings. The van der Waals surface area contributed by atoms with Gasteiger partial charge in [0.15, 0.2) is 0 Å². The highest BCUT2D eigenvalue weighted by Crippen LogP contribution is 2.31. The average Bonchev–Trinajstić information content (AvgIpc) is 3.48. The standard InChI is InChI=1S/C23H25F3N6O4/c1-22(2,3)18(36-21(35)27-12-17(33)20(34)30-19-9-10-28-31-19)13-32-16(8-11-29-32)14-4-6-15(7-5-14)23(24,25)26/h4-11,18H,12-13H2,1-3H3,(H,27,35)(H2,28,30,31,34)/t18-/m1/s1. The lowest BCUT2D eigenvalue weighted by atomic mass is 9.89. The number of hydrogen-bond acceptors (Lipinski definition) is 6. The maximum Gasteiger partial charge on any atom is 0.416 e. The van der Waals surface area contributed by atoms with Crippen molar-refractivity contribution >= 4 is 23.6 Å². The van der Waals surface area contributed by atoms with Crippen LogP contribution in [0.4, 0.5) is 23.8 Å². The topological polar surface area (TPSA) is 131 Å². The molecule has 2 amide bonds. The summed E-state index contributed by atoms with van der Waals surface area (Å²) in [4.78, 5) is 36.3. The summed E-state index contributed by atoms with van der Waals surface area (Å²) in [7, 11) is 0. The molecule has 1 atom stereocenters. The van der Waals surface area contributed by atoms with Gasteiger partial charge in [0.2, 0.25) is 5.78 Å². The largest absolute Gasteiger partial charge is 0.444 e. The van der Waals surface area contributed by atoms with Gasteiger partial charge in [-0.3, -0.25) is 19.4 Å². The van der Waals surface area contributed by atoms with Crippen molar-refractivity contribution < 1.29 is 32.3 Å². The number of ketones is 1. The van der Waals surface area contributed by atoms with Gasteiger partial charge in [0.25, 0.3) is 5.91 Å². The fourth-order valence-electron chi connectivity index (χ4n) is 3.12. The summed E-state index contributed by atoms with van der Waals surface area (Å²) in [5.74, 6) is -1.61. The fourth-order valence-corrected chi connectivity index (χ4v) is 3.12. The Morgan fingerprint density at radius 3 is 2.33 bits per heavy atom. The van der Waals surface area contributed by atoms with Gasteiger partial charge in [-0.2, -0.15) is 23.4 Å². The Hall–Kier alpha value is -4.16. The molecule has 13 heteroatoms. The molecule has 192 valence electrons. The van der Waals surface area contributed by atoms with Crippen molar-refractivity contribution in [3.05, 3.63) is 54.4 Å². The summed E-state index contributed by atoms with van der Waals surface area (Å²) in [6.45, 7) is 4.99. The van der Waals surface area contributed by atoms with E-state index in [1.54, 1.807) is 6.07 Å². The van der Waals surface area contributed by atoms with E-state index < -0.39 is 47.6 Å². The molecule has 1 aromatic carbocycles. The molecule has 0 radical (unpaired) electrons. The van der Waals surface area contributed by atoms with Crippen LogP contribution in [0, 0.1) is 5.41 Å². The number of ether oxygens (including phenoxy) is 1. The minimum atomic E-state index is -4.45. The third kappa shape index (κ3) is 6.93. The summed E-state index contributed by atoms with van der Waals surface area (Å²) in [6, 6.07) is 7.74. The first-order chi connectivity index (χ1) is 16.8. The van der Waals surface area contributed by atoms with E-state index in [9.17, 15) is 27.6 Å². The summed E-state index contributed by atoms with van der Waals surface area (Å²) in [5, 5.41) is 14.9. The third-order valence-corrected chi connectivity index (χ3v) is 5.17. The van der Waals surface area contributed by atoms with Crippen molar-refractivity contribution in [2.24, 2.45) is 5.41 Å². The van der Waals surface area contributed by atoms with Gasteiger partial charge < -0.3 is 15.4 Å². The summed E-state index contributed by atoms with van der Waals surface area (Å²) in [6.07, 6.45) is -3.21. The van der Waals surface area contributed by atoms with Gasteiger partial charge in [-0.05, 0) is 23.8 Å². The Bertz CT molecular complexity index is 1200. The lowest BCUT2D eigenvalue weighted by Crippen LogP contribution is -2.42. The van der Waals surface area contributed by atoms with E-state index in [0.717, 1.165) is 12.1 Å². The number of hydrogen-bond donors (Lipinski definition) is 3. The lowest BCUT2D eigenvalue weighted by molar-refractivity contribution is -0.137. The minimum absolute atomic E-state index is 0.0918. The van der Waals surface area contributed by atoms with Gasteiger partial charge in [-0.25, -0.2) is 4.79 Å². The smallest absolute Gasteiger partial charge is 0.416 e. The number of aromatic amines is 1. The minimum Gasteiger partial charge on any atom is -0.444 e. The molecule has 3 rings (SSSR count). The second kappa shape index (κ2) is 10.6. The number of Topliss-reactive ketones (excluding diaryl/α,β-unsaturated/α-hetero) is 1. The van der Waals surface area contributed by atoms with Gasteiger partial charge in [0, 0.05) is 17.7 Å². The number of aromatic nitrogens is 4. The van der Waals surface area contributed by atoms with Crippen molar-refractivity contribution in [2.75, 3.05) is 11.9 Å². The normalized spacial score (nSPS) is 12.6. The number of halogens is 3. The van der Waals surface area contributed by atoms with Crippen LogP contribution in [0.3, 0.4) is 0 Å². The number of alkyl halides is 3. The number of amides is 2. The highest BCUT2D eigenvalue weighted by Gasteiger charge is 2.31. The predicted octanol–water partition coefficient (Wildman–Crippen LogP) is 3.64. The molecule has 0 fully saturated rings. The predicted molar refractivity (Wildman–Crippen MR) is 123 cm³/mol. The first kappa shape index (κ1) is 26.4. The fraction of sp³-hybridized carbons (Fsp3) is 0.348. The van der Waals surface area contributed by atoms with Gasteiger partial charge >= 0.3 is 12.3 Å². The monoisotopic (exact) mass is 506 g/mol. The number of carbonyl (C=O) groups excluding carboxylic acids is 3. The molecule has 0 saturated carbocycles. The van der Waals surface area contributed by atoms with E-state index in [1.807, 2.05) is 20.8 Å². The van der Waals surface area contributed by atoms with Crippen LogP contribution < -0.4 is 10.6 Å².